The third-order valence-corrected chi connectivity index (χ3v) is 5.46. The lowest BCUT2D eigenvalue weighted by Gasteiger charge is -2.15. The molecule has 0 unspecified atom stereocenters. The standard InChI is InChI=1S/C25H21N3O6/c1-27-23(31)21(22(26)28(25(27)33)13-15-7-3-2-4-8-15)20(30)14-34-24(32)18-11-16-9-5-6-10-17(16)12-19(18)29/h2-12,29H,13-14,26H2,1H3. The van der Waals surface area contributed by atoms with E-state index in [1.165, 1.54) is 19.2 Å². The molecule has 3 aromatic carbocycles. The van der Waals surface area contributed by atoms with Gasteiger partial charge >= 0.3 is 11.7 Å². The highest BCUT2D eigenvalue weighted by molar-refractivity contribution is 6.03. The van der Waals surface area contributed by atoms with Gasteiger partial charge in [0.15, 0.2) is 6.61 Å². The second kappa shape index (κ2) is 9.07. The number of hydrogen-bond donors (Lipinski definition) is 2. The zero-order valence-corrected chi connectivity index (χ0v) is 18.2. The first-order valence-electron chi connectivity index (χ1n) is 10.3. The molecule has 0 saturated heterocycles. The van der Waals surface area contributed by atoms with E-state index in [0.29, 0.717) is 5.39 Å². The number of aromatic nitrogens is 2. The van der Waals surface area contributed by atoms with Crippen LogP contribution in [0.2, 0.25) is 0 Å². The van der Waals surface area contributed by atoms with E-state index in [4.69, 9.17) is 10.5 Å². The van der Waals surface area contributed by atoms with Crippen LogP contribution in [0.4, 0.5) is 5.82 Å². The van der Waals surface area contributed by atoms with Crippen LogP contribution in [-0.2, 0) is 18.3 Å². The number of aromatic hydroxyl groups is 1. The molecule has 0 spiro atoms. The smallest absolute Gasteiger partial charge is 0.342 e. The van der Waals surface area contributed by atoms with Crippen molar-refractivity contribution in [3.05, 3.63) is 104 Å². The van der Waals surface area contributed by atoms with Gasteiger partial charge in [-0.3, -0.25) is 18.7 Å². The van der Waals surface area contributed by atoms with Gasteiger partial charge in [-0.2, -0.15) is 0 Å². The van der Waals surface area contributed by atoms with Gasteiger partial charge in [0.1, 0.15) is 22.7 Å². The van der Waals surface area contributed by atoms with Crippen molar-refractivity contribution in [1.29, 1.82) is 0 Å². The lowest BCUT2D eigenvalue weighted by Crippen LogP contribution is -2.43. The minimum absolute atomic E-state index is 0.0463. The third kappa shape index (κ3) is 4.18. The summed E-state index contributed by atoms with van der Waals surface area (Å²) in [6.07, 6.45) is 0. The molecule has 0 fully saturated rings. The molecular weight excluding hydrogens is 438 g/mol. The van der Waals surface area contributed by atoms with Crippen molar-refractivity contribution < 1.29 is 19.4 Å². The van der Waals surface area contributed by atoms with E-state index >= 15 is 0 Å². The monoisotopic (exact) mass is 459 g/mol. The van der Waals surface area contributed by atoms with Crippen molar-refractivity contribution in [2.45, 2.75) is 6.54 Å². The van der Waals surface area contributed by atoms with Crippen LogP contribution < -0.4 is 17.0 Å². The number of phenols is 1. The molecule has 0 atom stereocenters. The zero-order chi connectivity index (χ0) is 24.4. The van der Waals surface area contributed by atoms with Gasteiger partial charge in [-0.25, -0.2) is 9.59 Å². The zero-order valence-electron chi connectivity index (χ0n) is 18.2. The summed E-state index contributed by atoms with van der Waals surface area (Å²) in [6.45, 7) is -0.751. The maximum Gasteiger partial charge on any atom is 0.342 e. The summed E-state index contributed by atoms with van der Waals surface area (Å²) < 4.78 is 6.97. The van der Waals surface area contributed by atoms with E-state index in [2.05, 4.69) is 0 Å². The molecular formula is C25H21N3O6. The highest BCUT2D eigenvalue weighted by Gasteiger charge is 2.23. The number of esters is 1. The van der Waals surface area contributed by atoms with Gasteiger partial charge in [0, 0.05) is 7.05 Å². The van der Waals surface area contributed by atoms with Crippen LogP contribution in [0.5, 0.6) is 5.75 Å². The van der Waals surface area contributed by atoms with Gasteiger partial charge in [-0.05, 0) is 28.5 Å². The molecule has 9 nitrogen and oxygen atoms in total. The predicted octanol–water partition coefficient (Wildman–Crippen LogP) is 2.08. The van der Waals surface area contributed by atoms with Crippen LogP contribution >= 0.6 is 0 Å². The highest BCUT2D eigenvalue weighted by atomic mass is 16.5. The topological polar surface area (TPSA) is 134 Å². The summed E-state index contributed by atoms with van der Waals surface area (Å²) in [5.41, 5.74) is 4.66. The van der Waals surface area contributed by atoms with Crippen LogP contribution in [-0.4, -0.2) is 32.6 Å². The minimum atomic E-state index is -0.940. The fraction of sp³-hybridized carbons (Fsp3) is 0.120. The molecule has 0 aliphatic heterocycles. The molecule has 1 heterocycles. The van der Waals surface area contributed by atoms with Gasteiger partial charge in [0.2, 0.25) is 5.78 Å². The fourth-order valence-corrected chi connectivity index (χ4v) is 3.64. The quantitative estimate of drug-likeness (QED) is 0.333. The lowest BCUT2D eigenvalue weighted by molar-refractivity contribution is 0.0471. The second-order valence-corrected chi connectivity index (χ2v) is 7.69. The van der Waals surface area contributed by atoms with Crippen LogP contribution in [0, 0.1) is 0 Å². The van der Waals surface area contributed by atoms with Gasteiger partial charge in [0.25, 0.3) is 5.56 Å². The van der Waals surface area contributed by atoms with Crippen LogP contribution in [0.1, 0.15) is 26.3 Å². The number of ether oxygens (including phenoxy) is 1. The summed E-state index contributed by atoms with van der Waals surface area (Å²) in [5, 5.41) is 11.6. The first kappa shape index (κ1) is 22.5. The minimum Gasteiger partial charge on any atom is -0.507 e. The number of Topliss-reactive ketones (excluding diaryl/α,β-unsaturated/α-hetero) is 1. The number of nitrogen functional groups attached to an aromatic ring is 1. The summed E-state index contributed by atoms with van der Waals surface area (Å²) in [7, 11) is 1.24. The number of ketones is 1. The average molecular weight is 459 g/mol. The largest absolute Gasteiger partial charge is 0.507 e. The van der Waals surface area contributed by atoms with Gasteiger partial charge in [0.05, 0.1) is 6.54 Å². The predicted molar refractivity (Wildman–Crippen MR) is 126 cm³/mol. The summed E-state index contributed by atoms with van der Waals surface area (Å²) in [5.74, 6) is -2.42. The molecule has 4 aromatic rings. The van der Waals surface area contributed by atoms with Crippen molar-refractivity contribution in [1.82, 2.24) is 9.13 Å². The SMILES string of the molecule is Cn1c(=O)c(C(=O)COC(=O)c2cc3ccccc3cc2O)c(N)n(Cc2ccccc2)c1=O. The average Bonchev–Trinajstić information content (AvgIpc) is 2.84. The number of carbonyl (C=O) groups excluding carboxylic acids is 2. The van der Waals surface area contributed by atoms with Crippen molar-refractivity contribution in [3.63, 3.8) is 0 Å². The van der Waals surface area contributed by atoms with E-state index < -0.39 is 35.2 Å². The van der Waals surface area contributed by atoms with E-state index in [1.807, 2.05) is 6.07 Å². The van der Waals surface area contributed by atoms with Crippen LogP contribution in [0.15, 0.2) is 76.3 Å². The number of anilines is 1. The molecule has 34 heavy (non-hydrogen) atoms. The second-order valence-electron chi connectivity index (χ2n) is 7.69. The number of nitrogens with two attached hydrogens (primary N) is 1. The Balaban J connectivity index is 1.61. The van der Waals surface area contributed by atoms with Crippen molar-refractivity contribution >= 4 is 28.3 Å². The normalized spacial score (nSPS) is 10.9. The number of benzene rings is 3. The molecule has 0 saturated carbocycles. The number of rotatable bonds is 6. The molecule has 0 aliphatic rings. The van der Waals surface area contributed by atoms with Gasteiger partial charge in [-0.15, -0.1) is 0 Å². The Kier molecular flexibility index (Phi) is 6.01. The molecule has 3 N–H and O–H groups in total. The van der Waals surface area contributed by atoms with E-state index in [9.17, 15) is 24.3 Å². The Labute approximate surface area is 193 Å². The van der Waals surface area contributed by atoms with Crippen molar-refractivity contribution in [2.24, 2.45) is 7.05 Å². The first-order valence-corrected chi connectivity index (χ1v) is 10.3. The lowest BCUT2D eigenvalue weighted by atomic mass is 10.1. The molecule has 0 bridgehead atoms. The molecule has 9 heteroatoms. The first-order chi connectivity index (χ1) is 16.3. The van der Waals surface area contributed by atoms with Crippen molar-refractivity contribution in [3.8, 4) is 5.75 Å². The van der Waals surface area contributed by atoms with E-state index in [1.54, 1.807) is 48.5 Å². The summed E-state index contributed by atoms with van der Waals surface area (Å²) in [6, 6.07) is 18.9. The Morgan fingerprint density at radius 1 is 0.971 bits per heavy atom. The number of nitrogens with zero attached hydrogens (tertiary/aromatic N) is 2. The maximum absolute atomic E-state index is 12.8. The third-order valence-electron chi connectivity index (χ3n) is 5.46. The molecule has 1 aromatic heterocycles. The molecule has 172 valence electrons. The van der Waals surface area contributed by atoms with Crippen molar-refractivity contribution in [2.75, 3.05) is 12.3 Å². The number of phenolic OH excluding ortho intramolecular Hbond substituents is 1. The Morgan fingerprint density at radius 3 is 2.26 bits per heavy atom. The summed E-state index contributed by atoms with van der Waals surface area (Å²) >= 11 is 0. The Bertz CT molecular complexity index is 1540. The van der Waals surface area contributed by atoms with Gasteiger partial charge in [-0.1, -0.05) is 54.6 Å². The number of carbonyl (C=O) groups is 2. The molecule has 0 aliphatic carbocycles. The van der Waals surface area contributed by atoms with Crippen LogP contribution in [0.25, 0.3) is 10.8 Å². The molecule has 4 rings (SSSR count). The maximum atomic E-state index is 12.8. The fourth-order valence-electron chi connectivity index (χ4n) is 3.64. The molecule has 0 radical (unpaired) electrons. The van der Waals surface area contributed by atoms with Crippen LogP contribution in [0.3, 0.4) is 0 Å². The van der Waals surface area contributed by atoms with Gasteiger partial charge < -0.3 is 15.6 Å². The van der Waals surface area contributed by atoms with E-state index in [0.717, 1.165) is 20.1 Å². The number of hydrogen-bond acceptors (Lipinski definition) is 7. The number of fused-ring (bicyclic) bond motifs is 1. The van der Waals surface area contributed by atoms with E-state index in [-0.39, 0.29) is 23.7 Å². The molecule has 0 amide bonds. The summed E-state index contributed by atoms with van der Waals surface area (Å²) in [4.78, 5) is 50.6. The highest BCUT2D eigenvalue weighted by Crippen LogP contribution is 2.25. The Morgan fingerprint density at radius 2 is 1.59 bits per heavy atom. The Hall–Kier alpha value is -4.66.